The first-order valence-corrected chi connectivity index (χ1v) is 6.00. The Morgan fingerprint density at radius 3 is 1.65 bits per heavy atom. The summed E-state index contributed by atoms with van der Waals surface area (Å²) < 4.78 is 0. The Morgan fingerprint density at radius 1 is 0.882 bits per heavy atom. The van der Waals surface area contributed by atoms with E-state index in [1.807, 2.05) is 0 Å². The molecule has 98 valence electrons. The molecule has 1 aliphatic rings. The maximum atomic E-state index is 10.5. The first kappa shape index (κ1) is 13.9. The minimum atomic E-state index is -0.883. The molecule has 1 aliphatic carbocycles. The van der Waals surface area contributed by atoms with Crippen LogP contribution in [0.25, 0.3) is 0 Å². The lowest BCUT2D eigenvalue weighted by Crippen LogP contribution is -2.49. The zero-order chi connectivity index (χ0) is 12.7. The second-order valence-electron chi connectivity index (χ2n) is 4.40. The van der Waals surface area contributed by atoms with Gasteiger partial charge in [0.25, 0.3) is 0 Å². The topological polar surface area (TPSA) is 98.7 Å². The number of hydrogen-bond donors (Lipinski definition) is 4. The van der Waals surface area contributed by atoms with Gasteiger partial charge < -0.3 is 20.8 Å². The van der Waals surface area contributed by atoms with Gasteiger partial charge in [0, 0.05) is 12.1 Å². The molecule has 0 aliphatic heterocycles. The third kappa shape index (κ3) is 5.65. The van der Waals surface area contributed by atoms with E-state index >= 15 is 0 Å². The molecule has 0 aromatic rings. The van der Waals surface area contributed by atoms with Crippen LogP contribution in [0.3, 0.4) is 0 Å². The number of carboxylic acids is 2. The molecule has 1 saturated carbocycles. The summed E-state index contributed by atoms with van der Waals surface area (Å²) >= 11 is 0. The third-order valence-electron chi connectivity index (χ3n) is 3.05. The van der Waals surface area contributed by atoms with Crippen LogP contribution in [-0.4, -0.2) is 47.3 Å². The van der Waals surface area contributed by atoms with Crippen molar-refractivity contribution in [3.05, 3.63) is 0 Å². The van der Waals surface area contributed by atoms with Gasteiger partial charge in [0.1, 0.15) is 0 Å². The second kappa shape index (κ2) is 7.24. The molecule has 1 fully saturated rings. The van der Waals surface area contributed by atoms with Gasteiger partial charge in [-0.25, -0.2) is 0 Å². The molecule has 0 amide bonds. The number of hydrogen-bond acceptors (Lipinski definition) is 4. The van der Waals surface area contributed by atoms with Gasteiger partial charge in [0.05, 0.1) is 13.1 Å². The number of aliphatic carboxylic acids is 2. The van der Waals surface area contributed by atoms with E-state index in [1.54, 1.807) is 0 Å². The molecule has 6 heteroatoms. The van der Waals surface area contributed by atoms with Gasteiger partial charge in [-0.1, -0.05) is 19.3 Å². The predicted molar refractivity (Wildman–Crippen MR) is 61.9 cm³/mol. The number of carboxylic acid groups (broad SMARTS) is 2. The smallest absolute Gasteiger partial charge is 0.317 e. The summed E-state index contributed by atoms with van der Waals surface area (Å²) in [6.07, 6.45) is 5.02. The van der Waals surface area contributed by atoms with Gasteiger partial charge in [0.2, 0.25) is 0 Å². The second-order valence-corrected chi connectivity index (χ2v) is 4.40. The summed E-state index contributed by atoms with van der Waals surface area (Å²) in [6.45, 7) is -0.147. The van der Waals surface area contributed by atoms with Gasteiger partial charge in [-0.3, -0.25) is 9.59 Å². The Bertz CT molecular complexity index is 244. The number of rotatable bonds is 6. The van der Waals surface area contributed by atoms with Gasteiger partial charge in [-0.05, 0) is 12.8 Å². The molecule has 0 aromatic carbocycles. The summed E-state index contributed by atoms with van der Waals surface area (Å²) in [7, 11) is 0. The summed E-state index contributed by atoms with van der Waals surface area (Å²) in [5.74, 6) is -1.77. The normalized spacial score (nSPS) is 25.2. The van der Waals surface area contributed by atoms with Crippen LogP contribution in [0.15, 0.2) is 0 Å². The van der Waals surface area contributed by atoms with Gasteiger partial charge in [-0.15, -0.1) is 0 Å². The Hall–Kier alpha value is -1.14. The predicted octanol–water partition coefficient (Wildman–Crippen LogP) is 0.0361. The lowest BCUT2D eigenvalue weighted by atomic mass is 10.0. The van der Waals surface area contributed by atoms with E-state index < -0.39 is 11.9 Å². The van der Waals surface area contributed by atoms with E-state index in [0.717, 1.165) is 32.1 Å². The fourth-order valence-electron chi connectivity index (χ4n) is 2.23. The van der Waals surface area contributed by atoms with E-state index in [9.17, 15) is 9.59 Å². The maximum absolute atomic E-state index is 10.5. The molecule has 1 rings (SSSR count). The Kier molecular flexibility index (Phi) is 5.93. The van der Waals surface area contributed by atoms with Crippen molar-refractivity contribution < 1.29 is 19.8 Å². The van der Waals surface area contributed by atoms with Crippen molar-refractivity contribution in [2.75, 3.05) is 13.1 Å². The van der Waals surface area contributed by atoms with Crippen LogP contribution in [-0.2, 0) is 9.59 Å². The molecule has 0 saturated heterocycles. The quantitative estimate of drug-likeness (QED) is 0.492. The molecule has 0 bridgehead atoms. The first-order valence-electron chi connectivity index (χ1n) is 6.00. The average Bonchev–Trinajstić information content (AvgIpc) is 2.48. The van der Waals surface area contributed by atoms with Crippen molar-refractivity contribution in [2.45, 2.75) is 44.2 Å². The molecule has 0 radical (unpaired) electrons. The molecule has 17 heavy (non-hydrogen) atoms. The largest absolute Gasteiger partial charge is 0.480 e. The number of carbonyl (C=O) groups is 2. The number of nitrogens with one attached hydrogen (secondary N) is 2. The SMILES string of the molecule is O=C(O)CN[C@@H]1CCCCC[C@H]1NCC(=O)O. The van der Waals surface area contributed by atoms with Crippen LogP contribution >= 0.6 is 0 Å². The summed E-state index contributed by atoms with van der Waals surface area (Å²) in [6, 6.07) is 0.0981. The molecule has 6 nitrogen and oxygen atoms in total. The first-order chi connectivity index (χ1) is 8.09. The molecule has 2 atom stereocenters. The van der Waals surface area contributed by atoms with Crippen molar-refractivity contribution in [3.63, 3.8) is 0 Å². The van der Waals surface area contributed by atoms with Gasteiger partial charge in [0.15, 0.2) is 0 Å². The van der Waals surface area contributed by atoms with Crippen LogP contribution in [0.1, 0.15) is 32.1 Å². The van der Waals surface area contributed by atoms with Crippen molar-refractivity contribution in [1.82, 2.24) is 10.6 Å². The van der Waals surface area contributed by atoms with E-state index in [-0.39, 0.29) is 25.2 Å². The summed E-state index contributed by atoms with van der Waals surface area (Å²) in [5.41, 5.74) is 0. The van der Waals surface area contributed by atoms with E-state index in [1.165, 1.54) is 0 Å². The lowest BCUT2D eigenvalue weighted by molar-refractivity contribution is -0.137. The van der Waals surface area contributed by atoms with Crippen LogP contribution in [0.4, 0.5) is 0 Å². The highest BCUT2D eigenvalue weighted by Crippen LogP contribution is 2.18. The lowest BCUT2D eigenvalue weighted by Gasteiger charge is -2.26. The average molecular weight is 244 g/mol. The Balaban J connectivity index is 2.46. The molecular formula is C11H20N2O4. The van der Waals surface area contributed by atoms with Gasteiger partial charge in [-0.2, -0.15) is 0 Å². The molecule has 4 N–H and O–H groups in total. The molecular weight excluding hydrogens is 224 g/mol. The van der Waals surface area contributed by atoms with Crippen molar-refractivity contribution >= 4 is 11.9 Å². The summed E-state index contributed by atoms with van der Waals surface area (Å²) in [5, 5.41) is 23.2. The Morgan fingerprint density at radius 2 is 1.29 bits per heavy atom. The molecule has 0 unspecified atom stereocenters. The fraction of sp³-hybridized carbons (Fsp3) is 0.818. The van der Waals surface area contributed by atoms with Crippen molar-refractivity contribution in [1.29, 1.82) is 0 Å². The Labute approximate surface area is 100 Å². The zero-order valence-electron chi connectivity index (χ0n) is 9.82. The molecule has 0 heterocycles. The van der Waals surface area contributed by atoms with Crippen LogP contribution < -0.4 is 10.6 Å². The van der Waals surface area contributed by atoms with Crippen molar-refractivity contribution in [3.8, 4) is 0 Å². The minimum Gasteiger partial charge on any atom is -0.480 e. The van der Waals surface area contributed by atoms with E-state index in [4.69, 9.17) is 10.2 Å². The highest BCUT2D eigenvalue weighted by molar-refractivity contribution is 5.69. The molecule has 0 aromatic heterocycles. The van der Waals surface area contributed by atoms with E-state index in [2.05, 4.69) is 10.6 Å². The van der Waals surface area contributed by atoms with Crippen LogP contribution in [0.5, 0.6) is 0 Å². The summed E-state index contributed by atoms with van der Waals surface area (Å²) in [4.78, 5) is 21.0. The fourth-order valence-corrected chi connectivity index (χ4v) is 2.23. The standard InChI is InChI=1S/C11H20N2O4/c14-10(15)6-12-8-4-2-1-3-5-9(8)13-7-11(16)17/h8-9,12-13H,1-7H2,(H,14,15)(H,16,17)/t8-,9-/m1/s1. The monoisotopic (exact) mass is 244 g/mol. The van der Waals surface area contributed by atoms with E-state index in [0.29, 0.717) is 0 Å². The minimum absolute atomic E-state index is 0.0490. The maximum Gasteiger partial charge on any atom is 0.317 e. The van der Waals surface area contributed by atoms with Gasteiger partial charge >= 0.3 is 11.9 Å². The highest BCUT2D eigenvalue weighted by Gasteiger charge is 2.23. The van der Waals surface area contributed by atoms with Crippen LogP contribution in [0, 0.1) is 0 Å². The van der Waals surface area contributed by atoms with Crippen molar-refractivity contribution in [2.24, 2.45) is 0 Å². The van der Waals surface area contributed by atoms with Crippen LogP contribution in [0.2, 0.25) is 0 Å². The molecule has 0 spiro atoms. The zero-order valence-corrected chi connectivity index (χ0v) is 9.82. The highest BCUT2D eigenvalue weighted by atomic mass is 16.4. The third-order valence-corrected chi connectivity index (χ3v) is 3.05.